The van der Waals surface area contributed by atoms with Gasteiger partial charge in [0.05, 0.1) is 0 Å². The number of fused-ring (bicyclic) bond motifs is 2. The molecule has 4 rings (SSSR count). The molecule has 2 aromatic rings. The average Bonchev–Trinajstić information content (AvgIpc) is 3.02. The summed E-state index contributed by atoms with van der Waals surface area (Å²) in [6.07, 6.45) is 2.37. The topological polar surface area (TPSA) is 32.3 Å². The summed E-state index contributed by atoms with van der Waals surface area (Å²) < 4.78 is 0. The molecule has 1 N–H and O–H groups in total. The van der Waals surface area contributed by atoms with Crippen molar-refractivity contribution in [3.05, 3.63) is 48.0 Å². The minimum absolute atomic E-state index is 0.199. The van der Waals surface area contributed by atoms with E-state index in [9.17, 15) is 4.79 Å². The van der Waals surface area contributed by atoms with Gasteiger partial charge in [0.1, 0.15) is 0 Å². The molecule has 0 aliphatic carbocycles. The van der Waals surface area contributed by atoms with Gasteiger partial charge in [0, 0.05) is 31.2 Å². The van der Waals surface area contributed by atoms with Crippen molar-refractivity contribution in [1.82, 2.24) is 10.2 Å². The summed E-state index contributed by atoms with van der Waals surface area (Å²) in [5, 5.41) is 5.65. The Bertz CT molecular complexity index is 676. The third-order valence-electron chi connectivity index (χ3n) is 4.96. The summed E-state index contributed by atoms with van der Waals surface area (Å²) in [7, 11) is 0. The van der Waals surface area contributed by atoms with Crippen LogP contribution in [0.25, 0.3) is 10.8 Å². The van der Waals surface area contributed by atoms with Crippen LogP contribution in [0.15, 0.2) is 42.5 Å². The Kier molecular flexibility index (Phi) is 3.15. The third-order valence-corrected chi connectivity index (χ3v) is 4.96. The fraction of sp³-hybridized carbons (Fsp3) is 0.389. The Hall–Kier alpha value is -1.87. The van der Waals surface area contributed by atoms with E-state index >= 15 is 0 Å². The van der Waals surface area contributed by atoms with Crippen molar-refractivity contribution in [1.29, 1.82) is 0 Å². The maximum atomic E-state index is 13.1. The van der Waals surface area contributed by atoms with Crippen molar-refractivity contribution >= 4 is 16.7 Å². The van der Waals surface area contributed by atoms with Crippen LogP contribution in [-0.4, -0.2) is 36.5 Å². The molecule has 2 aromatic carbocycles. The van der Waals surface area contributed by atoms with Gasteiger partial charge in [-0.1, -0.05) is 36.4 Å². The molecule has 108 valence electrons. The van der Waals surface area contributed by atoms with Crippen LogP contribution in [0.5, 0.6) is 0 Å². The van der Waals surface area contributed by atoms with Gasteiger partial charge in [-0.25, -0.2) is 0 Å². The van der Waals surface area contributed by atoms with Gasteiger partial charge in [-0.15, -0.1) is 0 Å². The highest BCUT2D eigenvalue weighted by atomic mass is 16.2. The molecule has 2 heterocycles. The van der Waals surface area contributed by atoms with Gasteiger partial charge >= 0.3 is 0 Å². The number of rotatable bonds is 1. The Morgan fingerprint density at radius 1 is 1.10 bits per heavy atom. The van der Waals surface area contributed by atoms with Crippen LogP contribution < -0.4 is 5.32 Å². The number of carbonyl (C=O) groups is 1. The van der Waals surface area contributed by atoms with Crippen LogP contribution in [0.1, 0.15) is 23.2 Å². The van der Waals surface area contributed by atoms with E-state index in [1.165, 1.54) is 6.42 Å². The largest absolute Gasteiger partial charge is 0.334 e. The highest BCUT2D eigenvalue weighted by Crippen LogP contribution is 2.29. The summed E-state index contributed by atoms with van der Waals surface area (Å²) in [5.74, 6) is 0.836. The standard InChI is InChI=1S/C18H20N2O/c21-18(20-10-4-7-14-11-19-12-17(14)20)16-9-3-6-13-5-1-2-8-15(13)16/h1-3,5-6,8-9,14,17,19H,4,7,10-12H2. The summed E-state index contributed by atoms with van der Waals surface area (Å²) in [4.78, 5) is 15.2. The van der Waals surface area contributed by atoms with Gasteiger partial charge in [-0.05, 0) is 35.6 Å². The predicted molar refractivity (Wildman–Crippen MR) is 84.4 cm³/mol. The van der Waals surface area contributed by atoms with E-state index in [-0.39, 0.29) is 5.91 Å². The van der Waals surface area contributed by atoms with Crippen molar-refractivity contribution in [2.24, 2.45) is 5.92 Å². The molecule has 0 radical (unpaired) electrons. The number of hydrogen-bond acceptors (Lipinski definition) is 2. The van der Waals surface area contributed by atoms with Crippen molar-refractivity contribution in [2.75, 3.05) is 19.6 Å². The molecule has 0 saturated carbocycles. The maximum absolute atomic E-state index is 13.1. The maximum Gasteiger partial charge on any atom is 0.254 e. The Labute approximate surface area is 124 Å². The Balaban J connectivity index is 1.73. The molecular weight excluding hydrogens is 260 g/mol. The molecule has 1 amide bonds. The van der Waals surface area contributed by atoms with Gasteiger partial charge in [0.2, 0.25) is 0 Å². The van der Waals surface area contributed by atoms with Crippen molar-refractivity contribution in [3.63, 3.8) is 0 Å². The molecule has 3 heteroatoms. The number of nitrogens with one attached hydrogen (secondary N) is 1. The van der Waals surface area contributed by atoms with Gasteiger partial charge < -0.3 is 10.2 Å². The number of nitrogens with zero attached hydrogens (tertiary/aromatic N) is 1. The lowest BCUT2D eigenvalue weighted by Gasteiger charge is -2.37. The first-order valence-corrected chi connectivity index (χ1v) is 7.84. The van der Waals surface area contributed by atoms with Crippen LogP contribution in [0.4, 0.5) is 0 Å². The highest BCUT2D eigenvalue weighted by Gasteiger charge is 2.37. The molecule has 3 nitrogen and oxygen atoms in total. The average molecular weight is 280 g/mol. The van der Waals surface area contributed by atoms with E-state index in [0.29, 0.717) is 12.0 Å². The SMILES string of the molecule is O=C(c1cccc2ccccc12)N1CCCC2CNCC21. The molecule has 0 bridgehead atoms. The molecule has 2 aliphatic heterocycles. The van der Waals surface area contributed by atoms with E-state index < -0.39 is 0 Å². The zero-order valence-corrected chi connectivity index (χ0v) is 12.1. The molecule has 2 atom stereocenters. The van der Waals surface area contributed by atoms with E-state index in [4.69, 9.17) is 0 Å². The molecule has 2 saturated heterocycles. The van der Waals surface area contributed by atoms with Crippen LogP contribution in [0.2, 0.25) is 0 Å². The molecule has 21 heavy (non-hydrogen) atoms. The normalized spacial score (nSPS) is 25.0. The lowest BCUT2D eigenvalue weighted by Crippen LogP contribution is -2.48. The molecule has 0 spiro atoms. The molecular formula is C18H20N2O. The van der Waals surface area contributed by atoms with Gasteiger partial charge in [-0.2, -0.15) is 0 Å². The number of carbonyl (C=O) groups excluding carboxylic acids is 1. The Morgan fingerprint density at radius 3 is 2.90 bits per heavy atom. The zero-order chi connectivity index (χ0) is 14.2. The van der Waals surface area contributed by atoms with Crippen molar-refractivity contribution in [3.8, 4) is 0 Å². The zero-order valence-electron chi connectivity index (χ0n) is 12.1. The first kappa shape index (κ1) is 12.8. The summed E-state index contributed by atoms with van der Waals surface area (Å²) in [6, 6.07) is 14.6. The smallest absolute Gasteiger partial charge is 0.254 e. The summed E-state index contributed by atoms with van der Waals surface area (Å²) in [5.41, 5.74) is 0.848. The second-order valence-electron chi connectivity index (χ2n) is 6.15. The van der Waals surface area contributed by atoms with E-state index in [0.717, 1.165) is 42.4 Å². The van der Waals surface area contributed by atoms with E-state index in [1.807, 2.05) is 24.3 Å². The quantitative estimate of drug-likeness (QED) is 0.871. The first-order chi connectivity index (χ1) is 10.3. The number of benzene rings is 2. The lowest BCUT2D eigenvalue weighted by molar-refractivity contribution is 0.0577. The van der Waals surface area contributed by atoms with Gasteiger partial charge in [0.15, 0.2) is 0 Å². The minimum Gasteiger partial charge on any atom is -0.334 e. The fourth-order valence-electron chi connectivity index (χ4n) is 3.89. The molecule has 0 aromatic heterocycles. The number of likely N-dealkylation sites (tertiary alicyclic amines) is 1. The summed E-state index contributed by atoms with van der Waals surface area (Å²) >= 11 is 0. The lowest BCUT2D eigenvalue weighted by atomic mass is 9.91. The van der Waals surface area contributed by atoms with Crippen LogP contribution in [0.3, 0.4) is 0 Å². The van der Waals surface area contributed by atoms with Crippen LogP contribution in [0, 0.1) is 5.92 Å². The second kappa shape index (κ2) is 5.15. The van der Waals surface area contributed by atoms with Crippen LogP contribution >= 0.6 is 0 Å². The fourth-order valence-corrected chi connectivity index (χ4v) is 3.89. The molecule has 2 aliphatic rings. The monoisotopic (exact) mass is 280 g/mol. The number of hydrogen-bond donors (Lipinski definition) is 1. The van der Waals surface area contributed by atoms with Gasteiger partial charge in [0.25, 0.3) is 5.91 Å². The molecule has 2 fully saturated rings. The number of piperidine rings is 1. The third kappa shape index (κ3) is 2.12. The highest BCUT2D eigenvalue weighted by molar-refractivity contribution is 6.07. The second-order valence-corrected chi connectivity index (χ2v) is 6.15. The number of amides is 1. The van der Waals surface area contributed by atoms with E-state index in [1.54, 1.807) is 0 Å². The van der Waals surface area contributed by atoms with Gasteiger partial charge in [-0.3, -0.25) is 4.79 Å². The van der Waals surface area contributed by atoms with Crippen LogP contribution in [-0.2, 0) is 0 Å². The predicted octanol–water partition coefficient (Wildman–Crippen LogP) is 2.66. The van der Waals surface area contributed by atoms with Crippen molar-refractivity contribution in [2.45, 2.75) is 18.9 Å². The molecule has 2 unspecified atom stereocenters. The first-order valence-electron chi connectivity index (χ1n) is 7.84. The van der Waals surface area contributed by atoms with Crippen molar-refractivity contribution < 1.29 is 4.79 Å². The summed E-state index contributed by atoms with van der Waals surface area (Å²) in [6.45, 7) is 2.90. The van der Waals surface area contributed by atoms with E-state index in [2.05, 4.69) is 28.4 Å². The Morgan fingerprint density at radius 2 is 1.95 bits per heavy atom. The minimum atomic E-state index is 0.199.